The standard InChI is InChI=1S/C21H26O4/c1-8(22)24-20-14-7-15(21(20)25-9(2)23)19-13-6-12(18(14)19)16-10-3-4-11(5-10)17(13)16/h3-4,10-21H,5-7H2,1-2H3. The van der Waals surface area contributed by atoms with Crippen molar-refractivity contribution in [3.05, 3.63) is 12.2 Å². The van der Waals surface area contributed by atoms with Crippen molar-refractivity contribution in [3.63, 3.8) is 0 Å². The van der Waals surface area contributed by atoms with Crippen molar-refractivity contribution in [1.29, 1.82) is 0 Å². The number of hydrogen-bond acceptors (Lipinski definition) is 4. The third-order valence-corrected chi connectivity index (χ3v) is 8.85. The van der Waals surface area contributed by atoms with Gasteiger partial charge >= 0.3 is 11.9 Å². The molecule has 12 atom stereocenters. The molecule has 0 amide bonds. The molecular formula is C21H26O4. The molecule has 0 aromatic rings. The van der Waals surface area contributed by atoms with Gasteiger partial charge in [-0.05, 0) is 66.6 Å². The number of fused-ring (bicyclic) bond motifs is 16. The first-order valence-corrected chi connectivity index (χ1v) is 10.1. The summed E-state index contributed by atoms with van der Waals surface area (Å²) in [5.41, 5.74) is 0. The van der Waals surface area contributed by atoms with E-state index in [-0.39, 0.29) is 24.1 Å². The van der Waals surface area contributed by atoms with Crippen LogP contribution in [-0.4, -0.2) is 24.1 Å². The van der Waals surface area contributed by atoms with Crippen LogP contribution in [0.5, 0.6) is 0 Å². The first-order valence-electron chi connectivity index (χ1n) is 10.1. The molecule has 0 aliphatic heterocycles. The average molecular weight is 342 g/mol. The maximum absolute atomic E-state index is 11.7. The van der Waals surface area contributed by atoms with Gasteiger partial charge in [0.2, 0.25) is 0 Å². The molecule has 5 fully saturated rings. The molecular weight excluding hydrogens is 316 g/mol. The van der Waals surface area contributed by atoms with E-state index in [1.165, 1.54) is 26.7 Å². The first-order chi connectivity index (χ1) is 12.0. The van der Waals surface area contributed by atoms with Gasteiger partial charge in [0.1, 0.15) is 12.2 Å². The van der Waals surface area contributed by atoms with Crippen LogP contribution in [-0.2, 0) is 19.1 Å². The van der Waals surface area contributed by atoms with Crippen molar-refractivity contribution < 1.29 is 19.1 Å². The highest BCUT2D eigenvalue weighted by atomic mass is 16.6. The maximum atomic E-state index is 11.7. The van der Waals surface area contributed by atoms with E-state index in [4.69, 9.17) is 9.47 Å². The van der Waals surface area contributed by atoms with Crippen LogP contribution in [0.3, 0.4) is 0 Å². The summed E-state index contributed by atoms with van der Waals surface area (Å²) in [6, 6.07) is 0. The highest BCUT2D eigenvalue weighted by molar-refractivity contribution is 5.67. The molecule has 0 aromatic heterocycles. The van der Waals surface area contributed by atoms with Crippen LogP contribution in [0.25, 0.3) is 0 Å². The fourth-order valence-electron chi connectivity index (χ4n) is 8.85. The third kappa shape index (κ3) is 1.69. The SMILES string of the molecule is CC(=O)OC1C2CC(C1OC(C)=O)C1C3CC(C4C5C=CC(C5)C34)C21. The van der Waals surface area contributed by atoms with Gasteiger partial charge in [0.15, 0.2) is 0 Å². The van der Waals surface area contributed by atoms with E-state index in [0.717, 1.165) is 41.9 Å². The summed E-state index contributed by atoms with van der Waals surface area (Å²) in [6.45, 7) is 2.96. The van der Waals surface area contributed by atoms with Crippen LogP contribution in [0.15, 0.2) is 12.2 Å². The Hall–Kier alpha value is -1.32. The normalized spacial score (nSPS) is 58.5. The molecule has 0 heterocycles. The highest BCUT2D eigenvalue weighted by Gasteiger charge is 2.74. The molecule has 0 N–H and O–H groups in total. The topological polar surface area (TPSA) is 52.6 Å². The molecule has 6 rings (SSSR count). The zero-order valence-electron chi connectivity index (χ0n) is 14.8. The van der Waals surface area contributed by atoms with Gasteiger partial charge in [-0.2, -0.15) is 0 Å². The second kappa shape index (κ2) is 4.69. The van der Waals surface area contributed by atoms with E-state index < -0.39 is 0 Å². The predicted molar refractivity (Wildman–Crippen MR) is 89.0 cm³/mol. The minimum atomic E-state index is -0.241. The molecule has 0 radical (unpaired) electrons. The Morgan fingerprint density at radius 2 is 1.12 bits per heavy atom. The fraction of sp³-hybridized carbons (Fsp3) is 0.810. The summed E-state index contributed by atoms with van der Waals surface area (Å²) in [6.07, 6.45) is 8.38. The summed E-state index contributed by atoms with van der Waals surface area (Å²) >= 11 is 0. The molecule has 25 heavy (non-hydrogen) atoms. The van der Waals surface area contributed by atoms with Crippen molar-refractivity contribution in [2.24, 2.45) is 59.2 Å². The molecule has 12 unspecified atom stereocenters. The Labute approximate surface area is 148 Å². The zero-order chi connectivity index (χ0) is 17.0. The highest BCUT2D eigenvalue weighted by Crippen LogP contribution is 2.76. The summed E-state index contributed by atoms with van der Waals surface area (Å²) in [5.74, 6) is 6.72. The van der Waals surface area contributed by atoms with Gasteiger partial charge < -0.3 is 9.47 Å². The van der Waals surface area contributed by atoms with E-state index in [9.17, 15) is 9.59 Å². The lowest BCUT2D eigenvalue weighted by molar-refractivity contribution is -0.178. The number of allylic oxidation sites excluding steroid dienone is 2. The van der Waals surface area contributed by atoms with Gasteiger partial charge in [-0.1, -0.05) is 12.2 Å². The van der Waals surface area contributed by atoms with E-state index in [0.29, 0.717) is 23.7 Å². The van der Waals surface area contributed by atoms with Crippen LogP contribution in [0.1, 0.15) is 33.1 Å². The Morgan fingerprint density at radius 3 is 1.56 bits per heavy atom. The van der Waals surface area contributed by atoms with Gasteiger partial charge in [0, 0.05) is 25.7 Å². The average Bonchev–Trinajstić information content (AvgIpc) is 3.33. The van der Waals surface area contributed by atoms with E-state index >= 15 is 0 Å². The lowest BCUT2D eigenvalue weighted by atomic mass is 9.60. The monoisotopic (exact) mass is 342 g/mol. The second-order valence-corrected chi connectivity index (χ2v) is 9.53. The van der Waals surface area contributed by atoms with Gasteiger partial charge in [0.05, 0.1) is 0 Å². The summed E-state index contributed by atoms with van der Waals surface area (Å²) < 4.78 is 11.4. The molecule has 4 heteroatoms. The van der Waals surface area contributed by atoms with Gasteiger partial charge in [-0.25, -0.2) is 0 Å². The van der Waals surface area contributed by atoms with Gasteiger partial charge in [0.25, 0.3) is 0 Å². The first kappa shape index (κ1) is 14.8. The lowest BCUT2D eigenvalue weighted by Crippen LogP contribution is -2.51. The maximum Gasteiger partial charge on any atom is 0.303 e. The quantitative estimate of drug-likeness (QED) is 0.440. The zero-order valence-corrected chi connectivity index (χ0v) is 14.8. The van der Waals surface area contributed by atoms with Crippen LogP contribution in [0.2, 0.25) is 0 Å². The van der Waals surface area contributed by atoms with Crippen molar-refractivity contribution in [2.45, 2.75) is 45.3 Å². The Morgan fingerprint density at radius 1 is 0.680 bits per heavy atom. The van der Waals surface area contributed by atoms with Crippen molar-refractivity contribution in [3.8, 4) is 0 Å². The molecule has 6 aliphatic rings. The minimum absolute atomic E-state index is 0.209. The van der Waals surface area contributed by atoms with Gasteiger partial charge in [-0.15, -0.1) is 0 Å². The number of rotatable bonds is 2. The molecule has 0 spiro atoms. The number of ether oxygens (including phenoxy) is 2. The van der Waals surface area contributed by atoms with Crippen LogP contribution < -0.4 is 0 Å². The van der Waals surface area contributed by atoms with Crippen LogP contribution in [0.4, 0.5) is 0 Å². The van der Waals surface area contributed by atoms with Crippen LogP contribution >= 0.6 is 0 Å². The summed E-state index contributed by atoms with van der Waals surface area (Å²) in [4.78, 5) is 23.3. The Bertz CT molecular complexity index is 629. The molecule has 6 bridgehead atoms. The molecule has 5 saturated carbocycles. The Kier molecular flexibility index (Phi) is 2.78. The largest absolute Gasteiger partial charge is 0.458 e. The second-order valence-electron chi connectivity index (χ2n) is 9.53. The minimum Gasteiger partial charge on any atom is -0.458 e. The number of carbonyl (C=O) groups excluding carboxylic acids is 2. The number of hydrogen-bond donors (Lipinski definition) is 0. The lowest BCUT2D eigenvalue weighted by Gasteiger charge is -2.47. The van der Waals surface area contributed by atoms with E-state index in [1.807, 2.05) is 0 Å². The summed E-state index contributed by atoms with van der Waals surface area (Å²) in [5, 5.41) is 0. The predicted octanol–water partition coefficient (Wildman–Crippen LogP) is 2.82. The fourth-order valence-corrected chi connectivity index (χ4v) is 8.85. The molecule has 134 valence electrons. The smallest absolute Gasteiger partial charge is 0.303 e. The molecule has 0 saturated heterocycles. The number of carbonyl (C=O) groups is 2. The molecule has 6 aliphatic carbocycles. The number of esters is 2. The summed E-state index contributed by atoms with van der Waals surface area (Å²) in [7, 11) is 0. The Balaban J connectivity index is 1.35. The van der Waals surface area contributed by atoms with E-state index in [2.05, 4.69) is 12.2 Å². The molecule has 4 nitrogen and oxygen atoms in total. The van der Waals surface area contributed by atoms with Crippen molar-refractivity contribution in [2.75, 3.05) is 0 Å². The molecule has 0 aromatic carbocycles. The van der Waals surface area contributed by atoms with Crippen LogP contribution in [0, 0.1) is 59.2 Å². The van der Waals surface area contributed by atoms with Gasteiger partial charge in [-0.3, -0.25) is 9.59 Å². The van der Waals surface area contributed by atoms with E-state index in [1.54, 1.807) is 0 Å². The van der Waals surface area contributed by atoms with Crippen molar-refractivity contribution in [1.82, 2.24) is 0 Å². The van der Waals surface area contributed by atoms with Crippen molar-refractivity contribution >= 4 is 11.9 Å². The third-order valence-electron chi connectivity index (χ3n) is 8.85.